The number of nitrogens with zero attached hydrogens (tertiary/aromatic N) is 3. The first kappa shape index (κ1) is 23.0. The van der Waals surface area contributed by atoms with Gasteiger partial charge in [-0.25, -0.2) is 9.37 Å². The Bertz CT molecular complexity index is 1150. The molecule has 1 aliphatic rings. The molecule has 0 bridgehead atoms. The van der Waals surface area contributed by atoms with Crippen LogP contribution in [-0.2, 0) is 5.41 Å². The van der Waals surface area contributed by atoms with E-state index < -0.39 is 11.5 Å². The Labute approximate surface area is 193 Å². The molecule has 33 heavy (non-hydrogen) atoms. The third-order valence-electron chi connectivity index (χ3n) is 6.48. The van der Waals surface area contributed by atoms with Crippen LogP contribution in [0.4, 0.5) is 4.39 Å². The molecule has 1 atom stereocenters. The number of hydrogen-bond donors (Lipinski definition) is 1. The van der Waals surface area contributed by atoms with Gasteiger partial charge in [-0.15, -0.1) is 0 Å². The number of methoxy groups -OCH3 is 1. The van der Waals surface area contributed by atoms with Gasteiger partial charge in [0.25, 0.3) is 5.91 Å². The normalized spacial score (nSPS) is 15.0. The second kappa shape index (κ2) is 8.98. The number of rotatable bonds is 6. The monoisotopic (exact) mass is 451 g/mol. The summed E-state index contributed by atoms with van der Waals surface area (Å²) in [6.07, 6.45) is 3.03. The summed E-state index contributed by atoms with van der Waals surface area (Å²) in [4.78, 5) is 19.7. The van der Waals surface area contributed by atoms with Crippen molar-refractivity contribution in [1.82, 2.24) is 14.5 Å². The number of aliphatic hydroxyl groups excluding tert-OH is 1. The van der Waals surface area contributed by atoms with Crippen molar-refractivity contribution in [3.63, 3.8) is 0 Å². The van der Waals surface area contributed by atoms with Gasteiger partial charge in [-0.1, -0.05) is 26.0 Å². The van der Waals surface area contributed by atoms with Crippen LogP contribution in [0.25, 0.3) is 5.69 Å². The maximum atomic E-state index is 13.7. The fourth-order valence-corrected chi connectivity index (χ4v) is 4.45. The Morgan fingerprint density at radius 2 is 1.82 bits per heavy atom. The number of amides is 1. The lowest BCUT2D eigenvalue weighted by Crippen LogP contribution is -2.31. The van der Waals surface area contributed by atoms with E-state index in [4.69, 9.17) is 4.74 Å². The van der Waals surface area contributed by atoms with Gasteiger partial charge in [0.05, 0.1) is 25.1 Å². The predicted octanol–water partition coefficient (Wildman–Crippen LogP) is 4.64. The molecule has 3 aromatic rings. The minimum atomic E-state index is -0.661. The second-order valence-corrected chi connectivity index (χ2v) is 9.04. The first-order valence-electron chi connectivity index (χ1n) is 11.2. The molecular weight excluding hydrogens is 421 g/mol. The van der Waals surface area contributed by atoms with Crippen LogP contribution in [0.15, 0.2) is 48.7 Å². The zero-order valence-corrected chi connectivity index (χ0v) is 19.5. The van der Waals surface area contributed by atoms with Crippen LogP contribution < -0.4 is 4.74 Å². The minimum Gasteiger partial charge on any atom is -0.496 e. The molecule has 2 heterocycles. The van der Waals surface area contributed by atoms with Gasteiger partial charge in [0.1, 0.15) is 11.6 Å². The van der Waals surface area contributed by atoms with Gasteiger partial charge in [-0.3, -0.25) is 9.36 Å². The molecule has 0 spiro atoms. The van der Waals surface area contributed by atoms with E-state index in [1.165, 1.54) is 12.1 Å². The Kier molecular flexibility index (Phi) is 6.26. The average Bonchev–Trinajstić information content (AvgIpc) is 3.49. The highest BCUT2D eigenvalue weighted by Gasteiger charge is 2.33. The van der Waals surface area contributed by atoms with Gasteiger partial charge < -0.3 is 14.7 Å². The summed E-state index contributed by atoms with van der Waals surface area (Å²) in [5.41, 5.74) is 2.53. The zero-order chi connectivity index (χ0) is 23.8. The molecule has 0 radical (unpaired) electrons. The highest BCUT2D eigenvalue weighted by molar-refractivity contribution is 5.92. The fraction of sp³-hybridized carbons (Fsp3) is 0.385. The van der Waals surface area contributed by atoms with E-state index in [1.54, 1.807) is 32.4 Å². The van der Waals surface area contributed by atoms with Crippen molar-refractivity contribution in [2.24, 2.45) is 0 Å². The third kappa shape index (κ3) is 4.25. The molecular formula is C26H30FN3O3. The van der Waals surface area contributed by atoms with Crippen molar-refractivity contribution < 1.29 is 19.0 Å². The number of aliphatic hydroxyl groups is 1. The Balaban J connectivity index is 1.86. The molecule has 1 aliphatic heterocycles. The summed E-state index contributed by atoms with van der Waals surface area (Å²) in [5, 5.41) is 10.1. The Morgan fingerprint density at radius 1 is 1.15 bits per heavy atom. The number of carbonyl (C=O) groups excluding carboxylic acids is 1. The van der Waals surface area contributed by atoms with Crippen LogP contribution >= 0.6 is 0 Å². The smallest absolute Gasteiger partial charge is 0.290 e. The lowest BCUT2D eigenvalue weighted by molar-refractivity contribution is 0.0778. The number of carbonyl (C=O) groups is 1. The predicted molar refractivity (Wildman–Crippen MR) is 124 cm³/mol. The Hall–Kier alpha value is -3.19. The number of imidazole rings is 1. The van der Waals surface area contributed by atoms with Crippen LogP contribution in [0.1, 0.15) is 67.2 Å². The van der Waals surface area contributed by atoms with E-state index in [1.807, 2.05) is 41.5 Å². The molecule has 0 saturated carbocycles. The van der Waals surface area contributed by atoms with Crippen LogP contribution in [0.3, 0.4) is 0 Å². The molecule has 2 aromatic carbocycles. The van der Waals surface area contributed by atoms with E-state index in [0.29, 0.717) is 35.9 Å². The number of ether oxygens (including phenoxy) is 1. The quantitative estimate of drug-likeness (QED) is 0.593. The fourth-order valence-electron chi connectivity index (χ4n) is 4.45. The van der Waals surface area contributed by atoms with Crippen LogP contribution in [0, 0.1) is 5.82 Å². The number of aromatic nitrogens is 2. The van der Waals surface area contributed by atoms with E-state index in [2.05, 4.69) is 4.98 Å². The number of hydrogen-bond acceptors (Lipinski definition) is 4. The molecule has 7 heteroatoms. The van der Waals surface area contributed by atoms with Gasteiger partial charge in [0.2, 0.25) is 5.82 Å². The van der Waals surface area contributed by atoms with Gasteiger partial charge in [0.15, 0.2) is 0 Å². The lowest BCUT2D eigenvalue weighted by atomic mass is 9.80. The van der Waals surface area contributed by atoms with Crippen LogP contribution in [-0.4, -0.2) is 45.7 Å². The maximum Gasteiger partial charge on any atom is 0.290 e. The highest BCUT2D eigenvalue weighted by Crippen LogP contribution is 2.37. The topological polar surface area (TPSA) is 67.6 Å². The molecule has 4 rings (SSSR count). The zero-order valence-electron chi connectivity index (χ0n) is 19.5. The second-order valence-electron chi connectivity index (χ2n) is 9.04. The highest BCUT2D eigenvalue weighted by atomic mass is 19.1. The summed E-state index contributed by atoms with van der Waals surface area (Å²) in [5.74, 6) is 0.447. The summed E-state index contributed by atoms with van der Waals surface area (Å²) < 4.78 is 21.0. The standard InChI is InChI=1S/C26H30FN3O3/c1-17(31)21-12-7-18(15-22(21)33-4)26(2,3)23-16-28-24(25(32)29-13-5-6-14-29)30(23)20-10-8-19(27)9-11-20/h7-12,15-17,31H,5-6,13-14H2,1-4H3. The molecule has 1 aromatic heterocycles. The molecule has 174 valence electrons. The summed E-state index contributed by atoms with van der Waals surface area (Å²) in [7, 11) is 1.58. The molecule has 1 amide bonds. The van der Waals surface area contributed by atoms with Crippen molar-refractivity contribution >= 4 is 5.91 Å². The third-order valence-corrected chi connectivity index (χ3v) is 6.48. The number of benzene rings is 2. The number of halogens is 1. The molecule has 1 unspecified atom stereocenters. The average molecular weight is 452 g/mol. The van der Waals surface area contributed by atoms with Gasteiger partial charge in [0, 0.05) is 29.8 Å². The minimum absolute atomic E-state index is 0.124. The largest absolute Gasteiger partial charge is 0.496 e. The van der Waals surface area contributed by atoms with Gasteiger partial charge in [-0.05, 0) is 55.7 Å². The first-order chi connectivity index (χ1) is 15.7. The Morgan fingerprint density at radius 3 is 2.42 bits per heavy atom. The SMILES string of the molecule is COc1cc(C(C)(C)c2cnc(C(=O)N3CCCC3)n2-c2ccc(F)cc2)ccc1C(C)O. The summed E-state index contributed by atoms with van der Waals surface area (Å²) >= 11 is 0. The van der Waals surface area contributed by atoms with Crippen LogP contribution in [0.5, 0.6) is 5.75 Å². The molecule has 1 N–H and O–H groups in total. The first-order valence-corrected chi connectivity index (χ1v) is 11.2. The van der Waals surface area contributed by atoms with E-state index in [9.17, 15) is 14.3 Å². The maximum absolute atomic E-state index is 13.7. The van der Waals surface area contributed by atoms with E-state index in [0.717, 1.165) is 24.1 Å². The van der Waals surface area contributed by atoms with Crippen molar-refractivity contribution in [3.05, 3.63) is 77.1 Å². The summed E-state index contributed by atoms with van der Waals surface area (Å²) in [6, 6.07) is 11.8. The summed E-state index contributed by atoms with van der Waals surface area (Å²) in [6.45, 7) is 7.22. The molecule has 1 fully saturated rings. The van der Waals surface area contributed by atoms with Crippen molar-refractivity contribution in [2.75, 3.05) is 20.2 Å². The van der Waals surface area contributed by atoms with E-state index in [-0.39, 0.29) is 11.7 Å². The van der Waals surface area contributed by atoms with Crippen molar-refractivity contribution in [1.29, 1.82) is 0 Å². The molecule has 6 nitrogen and oxygen atoms in total. The molecule has 1 saturated heterocycles. The van der Waals surface area contributed by atoms with Crippen molar-refractivity contribution in [2.45, 2.75) is 45.1 Å². The molecule has 0 aliphatic carbocycles. The van der Waals surface area contributed by atoms with Crippen molar-refractivity contribution in [3.8, 4) is 11.4 Å². The van der Waals surface area contributed by atoms with E-state index >= 15 is 0 Å². The number of likely N-dealkylation sites (tertiary alicyclic amines) is 1. The van der Waals surface area contributed by atoms with Crippen LogP contribution in [0.2, 0.25) is 0 Å². The van der Waals surface area contributed by atoms with Gasteiger partial charge in [-0.2, -0.15) is 0 Å². The van der Waals surface area contributed by atoms with Gasteiger partial charge >= 0.3 is 0 Å². The lowest BCUT2D eigenvalue weighted by Gasteiger charge is -2.29.